The number of aliphatic hydroxyl groups is 1. The van der Waals surface area contributed by atoms with Crippen molar-refractivity contribution in [1.29, 1.82) is 0 Å². The van der Waals surface area contributed by atoms with E-state index in [0.29, 0.717) is 11.3 Å². The van der Waals surface area contributed by atoms with Gasteiger partial charge in [-0.3, -0.25) is 9.69 Å². The van der Waals surface area contributed by atoms with Crippen LogP contribution in [0.2, 0.25) is 0 Å². The van der Waals surface area contributed by atoms with Crippen molar-refractivity contribution in [2.45, 2.75) is 36.2 Å². The monoisotopic (exact) mass is 417 g/mol. The Kier molecular flexibility index (Phi) is 3.92. The van der Waals surface area contributed by atoms with Gasteiger partial charge >= 0.3 is 6.09 Å². The minimum atomic E-state index is -2.17. The fraction of sp³-hybridized carbons (Fsp3) is 0.333. The van der Waals surface area contributed by atoms with Gasteiger partial charge in [0.1, 0.15) is 24.0 Å². The van der Waals surface area contributed by atoms with Crippen LogP contribution in [0.3, 0.4) is 0 Å². The van der Waals surface area contributed by atoms with E-state index in [2.05, 4.69) is 30.3 Å². The number of benzene rings is 1. The predicted octanol–water partition coefficient (Wildman–Crippen LogP) is 1.78. The number of aromatic hydroxyl groups is 1. The molecule has 156 valence electrons. The number of anilines is 1. The van der Waals surface area contributed by atoms with Crippen molar-refractivity contribution in [3.63, 3.8) is 0 Å². The summed E-state index contributed by atoms with van der Waals surface area (Å²) < 4.78 is 11.7. The summed E-state index contributed by atoms with van der Waals surface area (Å²) in [4.78, 5) is 27.6. The van der Waals surface area contributed by atoms with Crippen molar-refractivity contribution in [3.05, 3.63) is 48.6 Å². The number of ether oxygens (including phenoxy) is 2. The van der Waals surface area contributed by atoms with Crippen molar-refractivity contribution < 1.29 is 29.3 Å². The van der Waals surface area contributed by atoms with E-state index in [1.807, 2.05) is 6.92 Å². The number of fused-ring (bicyclic) bond motifs is 1. The first-order valence-corrected chi connectivity index (χ1v) is 9.88. The van der Waals surface area contributed by atoms with Gasteiger partial charge in [0.2, 0.25) is 5.60 Å². The van der Waals surface area contributed by atoms with Crippen LogP contribution >= 0.6 is 0 Å². The summed E-state index contributed by atoms with van der Waals surface area (Å²) in [5.41, 5.74) is -4.33. The summed E-state index contributed by atoms with van der Waals surface area (Å²) in [6.45, 7) is 5.39. The van der Waals surface area contributed by atoms with Crippen molar-refractivity contribution in [2.24, 2.45) is 5.92 Å². The average Bonchev–Trinajstić information content (AvgIpc) is 3.47. The number of allylic oxidation sites excluding steroid dienone is 2. The molecule has 4 aliphatic rings. The second kappa shape index (κ2) is 6.24. The number of amides is 1. The Labute approximate surface area is 178 Å². The number of hydrogen-bond donors (Lipinski definition) is 2. The zero-order chi connectivity index (χ0) is 22.0. The number of carbonyl (C=O) groups excluding carboxylic acids is 2. The van der Waals surface area contributed by atoms with Crippen molar-refractivity contribution >= 4 is 17.6 Å². The fourth-order valence-electron chi connectivity index (χ4n) is 5.22. The zero-order valence-corrected chi connectivity index (χ0v) is 16.7. The van der Waals surface area contributed by atoms with Crippen molar-refractivity contribution in [1.82, 2.24) is 0 Å². The highest BCUT2D eigenvalue weighted by Crippen LogP contribution is 2.74. The first-order chi connectivity index (χ1) is 14.8. The fourth-order valence-corrected chi connectivity index (χ4v) is 5.22. The zero-order valence-electron chi connectivity index (χ0n) is 16.7. The van der Waals surface area contributed by atoms with Crippen molar-refractivity contribution in [3.8, 4) is 29.4 Å². The van der Waals surface area contributed by atoms with E-state index in [-0.39, 0.29) is 18.8 Å². The molecule has 0 spiro atoms. The van der Waals surface area contributed by atoms with E-state index >= 15 is 0 Å². The number of nitrogens with zero attached hydrogens (tertiary/aromatic N) is 1. The van der Waals surface area contributed by atoms with Crippen LogP contribution in [-0.2, 0) is 19.9 Å². The molecule has 2 aliphatic heterocycles. The van der Waals surface area contributed by atoms with Gasteiger partial charge in [-0.2, -0.15) is 0 Å². The summed E-state index contributed by atoms with van der Waals surface area (Å²) in [6.07, 6.45) is 3.70. The molecule has 0 aromatic heterocycles. The van der Waals surface area contributed by atoms with Crippen LogP contribution in [0.25, 0.3) is 0 Å². The Balaban J connectivity index is 1.86. The molecule has 0 radical (unpaired) electrons. The molecule has 2 aliphatic carbocycles. The lowest BCUT2D eigenvalue weighted by atomic mass is 9.57. The lowest BCUT2D eigenvalue weighted by molar-refractivity contribution is -0.141. The van der Waals surface area contributed by atoms with Gasteiger partial charge in [-0.05, 0) is 36.3 Å². The second-order valence-electron chi connectivity index (χ2n) is 8.05. The summed E-state index contributed by atoms with van der Waals surface area (Å²) in [7, 11) is 0. The predicted molar refractivity (Wildman–Crippen MR) is 110 cm³/mol. The molecule has 7 nitrogen and oxygen atoms in total. The summed E-state index contributed by atoms with van der Waals surface area (Å²) in [5.74, 6) is 10.4. The molecular weight excluding hydrogens is 398 g/mol. The Hall–Kier alpha value is -3.52. The van der Waals surface area contributed by atoms with Gasteiger partial charge in [0.15, 0.2) is 11.4 Å². The maximum absolute atomic E-state index is 13.1. The van der Waals surface area contributed by atoms with E-state index in [4.69, 9.17) is 9.47 Å². The number of phenolic OH excluding ortho intramolecular Hbond substituents is 1. The molecule has 7 heteroatoms. The molecule has 2 fully saturated rings. The molecule has 1 amide bonds. The standard InChI is InChI=1S/C24H19NO6/c1-3-12-30-21(28)25-18-10-9-16(26)14-17(18)24-22(29)11-7-5-4-6-8-19(25)23(24,31-24)15(2)13-20(22)27/h3-5,9-10,14-15,19,26,29H,1,12-13H2,2H3/b5-4-/t15-,19-,22-,23-,24-/m0/s1. The Bertz CT molecular complexity index is 1200. The molecule has 1 saturated carbocycles. The minimum Gasteiger partial charge on any atom is -0.508 e. The van der Waals surface area contributed by atoms with Crippen LogP contribution in [0.1, 0.15) is 18.9 Å². The highest BCUT2D eigenvalue weighted by Gasteiger charge is 2.90. The number of Topliss-reactive ketones (excluding diaryl/α,β-unsaturated/α-hetero) is 1. The maximum Gasteiger partial charge on any atom is 0.415 e. The van der Waals surface area contributed by atoms with Crippen molar-refractivity contribution in [2.75, 3.05) is 11.5 Å². The third-order valence-corrected chi connectivity index (χ3v) is 6.50. The van der Waals surface area contributed by atoms with Gasteiger partial charge < -0.3 is 19.7 Å². The summed E-state index contributed by atoms with van der Waals surface area (Å²) in [6, 6.07) is 3.47. The molecule has 1 aromatic rings. The van der Waals surface area contributed by atoms with Gasteiger partial charge in [0, 0.05) is 12.0 Å². The number of phenols is 1. The van der Waals surface area contributed by atoms with Gasteiger partial charge in [0.25, 0.3) is 0 Å². The normalized spacial score (nSPS) is 37.0. The number of ketones is 1. The van der Waals surface area contributed by atoms with E-state index in [1.54, 1.807) is 0 Å². The second-order valence-corrected chi connectivity index (χ2v) is 8.05. The van der Waals surface area contributed by atoms with E-state index in [0.717, 1.165) is 0 Å². The quantitative estimate of drug-likeness (QED) is 0.432. The molecule has 5 rings (SSSR count). The van der Waals surface area contributed by atoms with Crippen LogP contribution in [0.5, 0.6) is 5.75 Å². The number of carbonyl (C=O) groups is 2. The highest BCUT2D eigenvalue weighted by molar-refractivity contribution is 6.00. The Morgan fingerprint density at radius 1 is 1.42 bits per heavy atom. The molecule has 0 unspecified atom stereocenters. The van der Waals surface area contributed by atoms with Crippen LogP contribution in [0.15, 0.2) is 43.0 Å². The largest absolute Gasteiger partial charge is 0.508 e. The molecule has 31 heavy (non-hydrogen) atoms. The van der Waals surface area contributed by atoms with Gasteiger partial charge in [-0.25, -0.2) is 4.79 Å². The number of epoxide rings is 1. The number of hydrogen-bond acceptors (Lipinski definition) is 6. The van der Waals surface area contributed by atoms with Gasteiger partial charge in [-0.1, -0.05) is 43.3 Å². The van der Waals surface area contributed by atoms with E-state index in [9.17, 15) is 19.8 Å². The molecule has 1 saturated heterocycles. The van der Waals surface area contributed by atoms with Crippen LogP contribution in [0.4, 0.5) is 10.5 Å². The SMILES string of the molecule is C=CCOC(=O)N1c2ccc(O)cc2[C@@]23O[C@@]24[C@@H]1C#C/C=C\C#C[C@]3(O)C(=O)C[C@@H]4C. The molecule has 4 bridgehead atoms. The molecule has 2 N–H and O–H groups in total. The molecule has 2 heterocycles. The minimum absolute atomic E-state index is 0.00147. The first kappa shape index (κ1) is 19.4. The molecule has 5 atom stereocenters. The average molecular weight is 417 g/mol. The third-order valence-electron chi connectivity index (χ3n) is 6.50. The van der Waals surface area contributed by atoms with Crippen LogP contribution in [-0.4, -0.2) is 45.9 Å². The third kappa shape index (κ3) is 2.17. The lowest BCUT2D eigenvalue weighted by Gasteiger charge is -2.47. The molecular formula is C24H19NO6. The van der Waals surface area contributed by atoms with Gasteiger partial charge in [-0.15, -0.1) is 0 Å². The first-order valence-electron chi connectivity index (χ1n) is 9.88. The Morgan fingerprint density at radius 2 is 2.19 bits per heavy atom. The highest BCUT2D eigenvalue weighted by atomic mass is 16.7. The topological polar surface area (TPSA) is 99.6 Å². The maximum atomic E-state index is 13.1. The summed E-state index contributed by atoms with van der Waals surface area (Å²) in [5, 5.41) is 21.9. The Morgan fingerprint density at radius 3 is 2.97 bits per heavy atom. The lowest BCUT2D eigenvalue weighted by Crippen LogP contribution is -2.67. The van der Waals surface area contributed by atoms with E-state index in [1.165, 1.54) is 41.3 Å². The number of rotatable bonds is 2. The van der Waals surface area contributed by atoms with Gasteiger partial charge in [0.05, 0.1) is 5.69 Å². The van der Waals surface area contributed by atoms with E-state index < -0.39 is 40.6 Å². The smallest absolute Gasteiger partial charge is 0.415 e. The summed E-state index contributed by atoms with van der Waals surface area (Å²) >= 11 is 0. The van der Waals surface area contributed by atoms with Crippen LogP contribution < -0.4 is 4.90 Å². The van der Waals surface area contributed by atoms with Crippen LogP contribution in [0, 0.1) is 29.6 Å². The molecule has 1 aromatic carbocycles.